The summed E-state index contributed by atoms with van der Waals surface area (Å²) in [5, 5.41) is 3.09. The first-order chi connectivity index (χ1) is 6.01. The van der Waals surface area contributed by atoms with Crippen molar-refractivity contribution >= 4 is 14.0 Å². The van der Waals surface area contributed by atoms with Gasteiger partial charge in [-0.1, -0.05) is 12.1 Å². The highest BCUT2D eigenvalue weighted by molar-refractivity contribution is 6.69. The van der Waals surface area contributed by atoms with E-state index >= 15 is 0 Å². The van der Waals surface area contributed by atoms with Crippen LogP contribution in [0.25, 0.3) is 0 Å². The van der Waals surface area contributed by atoms with Crippen LogP contribution in [0.4, 0.5) is 5.69 Å². The fraction of sp³-hybridized carbons (Fsp3) is 0.400. The lowest BCUT2D eigenvalue weighted by Crippen LogP contribution is -2.28. The SMILES string of the molecule is CNc1cccc(C[Si](C)(C)O)c1. The summed E-state index contributed by atoms with van der Waals surface area (Å²) in [5.74, 6) is 0. The Balaban J connectivity index is 2.78. The zero-order valence-electron chi connectivity index (χ0n) is 8.46. The summed E-state index contributed by atoms with van der Waals surface area (Å²) in [4.78, 5) is 9.75. The van der Waals surface area contributed by atoms with E-state index in [1.165, 1.54) is 5.56 Å². The van der Waals surface area contributed by atoms with E-state index in [1.807, 2.05) is 32.3 Å². The van der Waals surface area contributed by atoms with Gasteiger partial charge in [0.05, 0.1) is 0 Å². The van der Waals surface area contributed by atoms with Crippen LogP contribution in [0.3, 0.4) is 0 Å². The van der Waals surface area contributed by atoms with Crippen LogP contribution >= 0.6 is 0 Å². The number of anilines is 1. The Morgan fingerprint density at radius 1 is 1.38 bits per heavy atom. The Bertz CT molecular complexity index is 280. The average Bonchev–Trinajstić information content (AvgIpc) is 2.01. The van der Waals surface area contributed by atoms with E-state index in [0.29, 0.717) is 0 Å². The number of rotatable bonds is 3. The minimum Gasteiger partial charge on any atom is -0.432 e. The van der Waals surface area contributed by atoms with E-state index in [0.717, 1.165) is 11.7 Å². The van der Waals surface area contributed by atoms with Crippen LogP contribution in [0.15, 0.2) is 24.3 Å². The van der Waals surface area contributed by atoms with Crippen molar-refractivity contribution < 1.29 is 4.80 Å². The third-order valence-electron chi connectivity index (χ3n) is 1.85. The molecule has 0 atom stereocenters. The first-order valence-electron chi connectivity index (χ1n) is 4.50. The lowest BCUT2D eigenvalue weighted by Gasteiger charge is -2.14. The molecule has 1 aromatic rings. The summed E-state index contributed by atoms with van der Waals surface area (Å²) in [6.07, 6.45) is 0. The van der Waals surface area contributed by atoms with Gasteiger partial charge in [0.2, 0.25) is 0 Å². The maximum absolute atomic E-state index is 9.75. The quantitative estimate of drug-likeness (QED) is 0.723. The van der Waals surface area contributed by atoms with E-state index in [-0.39, 0.29) is 0 Å². The van der Waals surface area contributed by atoms with Gasteiger partial charge >= 0.3 is 0 Å². The summed E-state index contributed by atoms with van der Waals surface area (Å²) in [6.45, 7) is 3.91. The summed E-state index contributed by atoms with van der Waals surface area (Å²) in [6, 6.07) is 9.01. The van der Waals surface area contributed by atoms with E-state index < -0.39 is 8.32 Å². The smallest absolute Gasteiger partial charge is 0.186 e. The van der Waals surface area contributed by atoms with Gasteiger partial charge in [-0.3, -0.25) is 0 Å². The van der Waals surface area contributed by atoms with Crippen LogP contribution in [0.1, 0.15) is 5.56 Å². The minimum absolute atomic E-state index is 0.822. The van der Waals surface area contributed by atoms with Crippen molar-refractivity contribution in [1.29, 1.82) is 0 Å². The van der Waals surface area contributed by atoms with Crippen LogP contribution in [-0.2, 0) is 6.04 Å². The summed E-state index contributed by atoms with van der Waals surface area (Å²) in [5.41, 5.74) is 2.32. The fourth-order valence-corrected chi connectivity index (χ4v) is 2.56. The molecule has 0 aromatic heterocycles. The Labute approximate surface area is 80.7 Å². The topological polar surface area (TPSA) is 32.3 Å². The van der Waals surface area contributed by atoms with Crippen molar-refractivity contribution in [1.82, 2.24) is 0 Å². The molecule has 1 aromatic carbocycles. The van der Waals surface area contributed by atoms with Gasteiger partial charge in [-0.2, -0.15) is 0 Å². The van der Waals surface area contributed by atoms with Gasteiger partial charge in [0.1, 0.15) is 0 Å². The van der Waals surface area contributed by atoms with Gasteiger partial charge < -0.3 is 10.1 Å². The summed E-state index contributed by atoms with van der Waals surface area (Å²) in [7, 11) is -0.0581. The second kappa shape index (κ2) is 3.94. The third kappa shape index (κ3) is 3.61. The molecule has 3 heteroatoms. The zero-order valence-corrected chi connectivity index (χ0v) is 9.46. The predicted molar refractivity (Wildman–Crippen MR) is 59.4 cm³/mol. The first kappa shape index (κ1) is 10.3. The molecule has 2 N–H and O–H groups in total. The zero-order chi connectivity index (χ0) is 9.90. The molecule has 13 heavy (non-hydrogen) atoms. The molecule has 0 saturated heterocycles. The standard InChI is InChI=1S/C10H17NOSi/c1-11-10-6-4-5-9(7-10)8-13(2,3)12/h4-7,11-12H,8H2,1-3H3. The summed E-state index contributed by atoms with van der Waals surface area (Å²) >= 11 is 0. The van der Waals surface area contributed by atoms with Gasteiger partial charge in [-0.05, 0) is 36.8 Å². The molecule has 0 spiro atoms. The van der Waals surface area contributed by atoms with Gasteiger partial charge in [0.25, 0.3) is 0 Å². The first-order valence-corrected chi connectivity index (χ1v) is 7.66. The van der Waals surface area contributed by atoms with Gasteiger partial charge in [0.15, 0.2) is 8.32 Å². The molecule has 0 unspecified atom stereocenters. The van der Waals surface area contributed by atoms with Gasteiger partial charge in [-0.15, -0.1) is 0 Å². The molecule has 0 aliphatic rings. The van der Waals surface area contributed by atoms with E-state index in [1.54, 1.807) is 0 Å². The highest BCUT2D eigenvalue weighted by atomic mass is 28.4. The van der Waals surface area contributed by atoms with Gasteiger partial charge in [-0.25, -0.2) is 0 Å². The average molecular weight is 195 g/mol. The van der Waals surface area contributed by atoms with Crippen LogP contribution in [0.5, 0.6) is 0 Å². The molecule has 0 fully saturated rings. The van der Waals surface area contributed by atoms with Crippen molar-refractivity contribution in [3.05, 3.63) is 29.8 Å². The lowest BCUT2D eigenvalue weighted by molar-refractivity contribution is 0.548. The van der Waals surface area contributed by atoms with Crippen molar-refractivity contribution in [2.24, 2.45) is 0 Å². The number of benzene rings is 1. The largest absolute Gasteiger partial charge is 0.432 e. The number of hydrogen-bond donors (Lipinski definition) is 2. The molecule has 2 nitrogen and oxygen atoms in total. The molecule has 1 rings (SSSR count). The molecule has 0 radical (unpaired) electrons. The minimum atomic E-state index is -1.96. The molecule has 0 aliphatic heterocycles. The van der Waals surface area contributed by atoms with Crippen molar-refractivity contribution in [2.75, 3.05) is 12.4 Å². The van der Waals surface area contributed by atoms with Crippen molar-refractivity contribution in [3.8, 4) is 0 Å². The molecule has 0 heterocycles. The molecule has 0 aliphatic carbocycles. The molecule has 0 saturated carbocycles. The Morgan fingerprint density at radius 3 is 2.62 bits per heavy atom. The highest BCUT2D eigenvalue weighted by Crippen LogP contribution is 2.13. The Hall–Kier alpha value is -0.803. The van der Waals surface area contributed by atoms with Crippen molar-refractivity contribution in [3.63, 3.8) is 0 Å². The van der Waals surface area contributed by atoms with Crippen LogP contribution in [0.2, 0.25) is 13.1 Å². The highest BCUT2D eigenvalue weighted by Gasteiger charge is 2.17. The monoisotopic (exact) mass is 195 g/mol. The molecular weight excluding hydrogens is 178 g/mol. The predicted octanol–water partition coefficient (Wildman–Crippen LogP) is 2.01. The molecular formula is C10H17NOSi. The number of hydrogen-bond acceptors (Lipinski definition) is 2. The maximum atomic E-state index is 9.75. The fourth-order valence-electron chi connectivity index (χ4n) is 1.34. The molecule has 0 amide bonds. The van der Waals surface area contributed by atoms with E-state index in [4.69, 9.17) is 0 Å². The van der Waals surface area contributed by atoms with Crippen LogP contribution < -0.4 is 5.32 Å². The normalized spacial score (nSPS) is 11.4. The van der Waals surface area contributed by atoms with E-state index in [2.05, 4.69) is 17.4 Å². The Kier molecular flexibility index (Phi) is 3.11. The van der Waals surface area contributed by atoms with E-state index in [9.17, 15) is 4.80 Å². The lowest BCUT2D eigenvalue weighted by atomic mass is 10.2. The molecule has 0 bridgehead atoms. The Morgan fingerprint density at radius 2 is 2.08 bits per heavy atom. The third-order valence-corrected chi connectivity index (χ3v) is 3.13. The van der Waals surface area contributed by atoms with Gasteiger partial charge in [0, 0.05) is 12.7 Å². The molecule has 72 valence electrons. The second-order valence-corrected chi connectivity index (χ2v) is 7.92. The summed E-state index contributed by atoms with van der Waals surface area (Å²) < 4.78 is 0. The van der Waals surface area contributed by atoms with Crippen LogP contribution in [-0.4, -0.2) is 20.2 Å². The number of nitrogens with one attached hydrogen (secondary N) is 1. The van der Waals surface area contributed by atoms with Crippen molar-refractivity contribution in [2.45, 2.75) is 19.1 Å². The van der Waals surface area contributed by atoms with Crippen LogP contribution in [0, 0.1) is 0 Å². The second-order valence-electron chi connectivity index (χ2n) is 3.94. The maximum Gasteiger partial charge on any atom is 0.186 e.